The zero-order valence-electron chi connectivity index (χ0n) is 12.3. The van der Waals surface area contributed by atoms with Crippen LogP contribution in [0.1, 0.15) is 39.0 Å². The highest BCUT2D eigenvalue weighted by Gasteiger charge is 2.44. The maximum absolute atomic E-state index is 12.6. The van der Waals surface area contributed by atoms with E-state index in [1.54, 1.807) is 0 Å². The summed E-state index contributed by atoms with van der Waals surface area (Å²) >= 11 is 0. The fraction of sp³-hybridized carbons (Fsp3) is 0.812. The maximum atomic E-state index is 12.6. The van der Waals surface area contributed by atoms with Crippen molar-refractivity contribution in [2.75, 3.05) is 19.8 Å². The van der Waals surface area contributed by atoms with Crippen LogP contribution < -0.4 is 0 Å². The zero-order chi connectivity index (χ0) is 13.9. The van der Waals surface area contributed by atoms with Crippen LogP contribution in [0.5, 0.6) is 0 Å². The molecule has 4 heteroatoms. The summed E-state index contributed by atoms with van der Waals surface area (Å²) in [5.74, 6) is 0.755. The van der Waals surface area contributed by atoms with Crippen molar-refractivity contribution in [2.45, 2.75) is 57.3 Å². The Labute approximate surface area is 121 Å². The van der Waals surface area contributed by atoms with Crippen LogP contribution in [-0.2, 0) is 14.3 Å². The lowest BCUT2D eigenvalue weighted by molar-refractivity contribution is -0.151. The largest absolute Gasteiger partial charge is 0.376 e. The molecule has 0 aromatic carbocycles. The highest BCUT2D eigenvalue weighted by Crippen LogP contribution is 2.33. The van der Waals surface area contributed by atoms with Crippen LogP contribution in [0.3, 0.4) is 0 Å². The highest BCUT2D eigenvalue weighted by molar-refractivity contribution is 5.77. The number of amides is 1. The van der Waals surface area contributed by atoms with Gasteiger partial charge >= 0.3 is 0 Å². The summed E-state index contributed by atoms with van der Waals surface area (Å²) in [5.41, 5.74) is 0. The minimum Gasteiger partial charge on any atom is -0.376 e. The number of ether oxygens (including phenoxy) is 2. The number of morpholine rings is 1. The fourth-order valence-corrected chi connectivity index (χ4v) is 3.82. The van der Waals surface area contributed by atoms with E-state index in [1.807, 2.05) is 6.92 Å². The molecule has 1 amide bonds. The first-order chi connectivity index (χ1) is 9.79. The van der Waals surface area contributed by atoms with Gasteiger partial charge in [-0.3, -0.25) is 4.79 Å². The van der Waals surface area contributed by atoms with E-state index >= 15 is 0 Å². The molecule has 1 saturated carbocycles. The lowest BCUT2D eigenvalue weighted by atomic mass is 10.0. The van der Waals surface area contributed by atoms with Crippen molar-refractivity contribution in [3.63, 3.8) is 0 Å². The van der Waals surface area contributed by atoms with Crippen LogP contribution in [0.15, 0.2) is 12.2 Å². The van der Waals surface area contributed by atoms with E-state index in [4.69, 9.17) is 9.47 Å². The first kappa shape index (κ1) is 14.1. The van der Waals surface area contributed by atoms with Gasteiger partial charge in [0.05, 0.1) is 18.8 Å². The van der Waals surface area contributed by atoms with Gasteiger partial charge in [0.1, 0.15) is 6.10 Å². The van der Waals surface area contributed by atoms with Crippen molar-refractivity contribution >= 4 is 5.91 Å². The average Bonchev–Trinajstić information content (AvgIpc) is 3.09. The second kappa shape index (κ2) is 6.27. The summed E-state index contributed by atoms with van der Waals surface area (Å²) in [6.07, 6.45) is 9.61. The van der Waals surface area contributed by atoms with Crippen molar-refractivity contribution in [2.24, 2.45) is 5.92 Å². The molecule has 1 heterocycles. The van der Waals surface area contributed by atoms with Gasteiger partial charge in [-0.2, -0.15) is 0 Å². The van der Waals surface area contributed by atoms with E-state index in [-0.39, 0.29) is 18.2 Å². The van der Waals surface area contributed by atoms with Crippen molar-refractivity contribution in [3.05, 3.63) is 12.2 Å². The topological polar surface area (TPSA) is 38.8 Å². The predicted molar refractivity (Wildman–Crippen MR) is 76.4 cm³/mol. The van der Waals surface area contributed by atoms with Gasteiger partial charge in [0.25, 0.3) is 0 Å². The van der Waals surface area contributed by atoms with Crippen LogP contribution in [0.2, 0.25) is 0 Å². The molecule has 20 heavy (non-hydrogen) atoms. The average molecular weight is 279 g/mol. The maximum Gasteiger partial charge on any atom is 0.223 e. The van der Waals surface area contributed by atoms with Gasteiger partial charge in [0.15, 0.2) is 0 Å². The number of fused-ring (bicyclic) bond motifs is 1. The lowest BCUT2D eigenvalue weighted by Gasteiger charge is -2.39. The van der Waals surface area contributed by atoms with E-state index in [9.17, 15) is 4.79 Å². The van der Waals surface area contributed by atoms with Crippen LogP contribution in [-0.4, -0.2) is 48.8 Å². The van der Waals surface area contributed by atoms with E-state index in [2.05, 4.69) is 17.1 Å². The van der Waals surface area contributed by atoms with E-state index in [0.29, 0.717) is 24.9 Å². The molecule has 1 saturated heterocycles. The van der Waals surface area contributed by atoms with E-state index in [1.165, 1.54) is 0 Å². The van der Waals surface area contributed by atoms with E-state index < -0.39 is 0 Å². The molecule has 1 aliphatic heterocycles. The summed E-state index contributed by atoms with van der Waals surface area (Å²) in [5, 5.41) is 0. The number of allylic oxidation sites excluding steroid dienone is 2. The molecule has 0 radical (unpaired) electrons. The molecule has 2 aliphatic carbocycles. The first-order valence-corrected chi connectivity index (χ1v) is 7.99. The second-order valence-corrected chi connectivity index (χ2v) is 6.03. The van der Waals surface area contributed by atoms with Crippen LogP contribution in [0, 0.1) is 5.92 Å². The van der Waals surface area contributed by atoms with Gasteiger partial charge in [-0.15, -0.1) is 0 Å². The van der Waals surface area contributed by atoms with Gasteiger partial charge < -0.3 is 14.4 Å². The molecule has 0 aromatic heterocycles. The summed E-state index contributed by atoms with van der Waals surface area (Å²) in [6.45, 7) is 4.13. The Balaban J connectivity index is 1.61. The summed E-state index contributed by atoms with van der Waals surface area (Å²) in [7, 11) is 0. The van der Waals surface area contributed by atoms with Crippen LogP contribution in [0.4, 0.5) is 0 Å². The van der Waals surface area contributed by atoms with Crippen LogP contribution >= 0.6 is 0 Å². The number of hydrogen-bond acceptors (Lipinski definition) is 3. The monoisotopic (exact) mass is 279 g/mol. The van der Waals surface area contributed by atoms with Crippen molar-refractivity contribution in [1.82, 2.24) is 4.90 Å². The molecule has 2 fully saturated rings. The van der Waals surface area contributed by atoms with Crippen molar-refractivity contribution in [3.8, 4) is 0 Å². The van der Waals surface area contributed by atoms with Crippen LogP contribution in [0.25, 0.3) is 0 Å². The lowest BCUT2D eigenvalue weighted by Crippen LogP contribution is -2.54. The summed E-state index contributed by atoms with van der Waals surface area (Å²) in [4.78, 5) is 14.6. The van der Waals surface area contributed by atoms with Gasteiger partial charge in [-0.05, 0) is 38.5 Å². The third-order valence-electron chi connectivity index (χ3n) is 4.79. The number of nitrogens with zero attached hydrogens (tertiary/aromatic N) is 1. The number of carbonyl (C=O) groups excluding carboxylic acids is 1. The smallest absolute Gasteiger partial charge is 0.223 e. The molecule has 0 aromatic rings. The third-order valence-corrected chi connectivity index (χ3v) is 4.79. The third kappa shape index (κ3) is 2.77. The normalized spacial score (nSPS) is 36.4. The number of rotatable bonds is 4. The molecule has 4 nitrogen and oxygen atoms in total. The van der Waals surface area contributed by atoms with Gasteiger partial charge in [-0.1, -0.05) is 12.2 Å². The van der Waals surface area contributed by atoms with Gasteiger partial charge in [0.2, 0.25) is 5.91 Å². The minimum absolute atomic E-state index is 0.0896. The standard InChI is InChI=1S/C16H25NO3/c1-2-19-14-8-7-13-16(14)20-10-9-17(13)15(18)11-12-5-3-4-6-12/h3,5,12-14,16H,2,4,6-11H2,1H3/t12?,13-,14-,16+/m1/s1. The van der Waals surface area contributed by atoms with Crippen molar-refractivity contribution in [1.29, 1.82) is 0 Å². The molecule has 112 valence electrons. The fourth-order valence-electron chi connectivity index (χ4n) is 3.82. The highest BCUT2D eigenvalue weighted by atomic mass is 16.5. The Bertz CT molecular complexity index is 382. The number of hydrogen-bond donors (Lipinski definition) is 0. The van der Waals surface area contributed by atoms with Crippen molar-refractivity contribution < 1.29 is 14.3 Å². The molecule has 0 spiro atoms. The molecule has 1 unspecified atom stereocenters. The summed E-state index contributed by atoms with van der Waals surface area (Å²) < 4.78 is 11.6. The molecular formula is C16H25NO3. The molecular weight excluding hydrogens is 254 g/mol. The van der Waals surface area contributed by atoms with Gasteiger partial charge in [0, 0.05) is 19.6 Å². The molecule has 0 bridgehead atoms. The first-order valence-electron chi connectivity index (χ1n) is 7.99. The number of carbonyl (C=O) groups is 1. The molecule has 0 N–H and O–H groups in total. The zero-order valence-corrected chi connectivity index (χ0v) is 12.3. The Hall–Kier alpha value is -0.870. The summed E-state index contributed by atoms with van der Waals surface area (Å²) in [6, 6.07) is 0.234. The SMILES string of the molecule is CCO[C@@H]1CC[C@@H]2[C@@H]1OCCN2C(=O)CC1C=CCC1. The van der Waals surface area contributed by atoms with E-state index in [0.717, 1.165) is 38.8 Å². The Morgan fingerprint density at radius 1 is 1.40 bits per heavy atom. The predicted octanol–water partition coefficient (Wildman–Crippen LogP) is 2.14. The van der Waals surface area contributed by atoms with Gasteiger partial charge in [-0.25, -0.2) is 0 Å². The minimum atomic E-state index is 0.0896. The molecule has 3 rings (SSSR count). The quantitative estimate of drug-likeness (QED) is 0.740. The Morgan fingerprint density at radius 3 is 3.05 bits per heavy atom. The molecule has 3 aliphatic rings. The molecule has 4 atom stereocenters. The Kier molecular flexibility index (Phi) is 4.41. The second-order valence-electron chi connectivity index (χ2n) is 6.03. The Morgan fingerprint density at radius 2 is 2.30 bits per heavy atom.